The molecule has 0 fully saturated rings. The Morgan fingerprint density at radius 1 is 1.11 bits per heavy atom. The number of rotatable bonds is 2. The van der Waals surface area contributed by atoms with Gasteiger partial charge in [0.25, 0.3) is 0 Å². The smallest absolute Gasteiger partial charge is 0.0705 e. The lowest BCUT2D eigenvalue weighted by molar-refractivity contribution is 0.576. The Morgan fingerprint density at radius 3 is 2.26 bits per heavy atom. The number of pyridine rings is 1. The Hall–Kier alpha value is -1.63. The van der Waals surface area contributed by atoms with Gasteiger partial charge in [-0.25, -0.2) is 0 Å². The zero-order valence-electron chi connectivity index (χ0n) is 13.5. The van der Waals surface area contributed by atoms with Gasteiger partial charge >= 0.3 is 0 Å². The first kappa shape index (κ1) is 12.4. The van der Waals surface area contributed by atoms with Crippen LogP contribution in [0.5, 0.6) is 0 Å². The molecule has 2 rings (SSSR count). The van der Waals surface area contributed by atoms with E-state index in [9.17, 15) is 0 Å². The molecule has 0 amide bonds. The third-order valence-electron chi connectivity index (χ3n) is 3.32. The van der Waals surface area contributed by atoms with Crippen LogP contribution in [0.2, 0.25) is 0 Å². The topological polar surface area (TPSA) is 12.9 Å². The molecule has 0 aliphatic heterocycles. The van der Waals surface area contributed by atoms with Gasteiger partial charge in [0.1, 0.15) is 0 Å². The Kier molecular flexibility index (Phi) is 3.37. The van der Waals surface area contributed by atoms with E-state index in [-0.39, 0.29) is 5.41 Å². The molecule has 0 atom stereocenters. The van der Waals surface area contributed by atoms with Crippen LogP contribution in [0.4, 0.5) is 0 Å². The van der Waals surface area contributed by atoms with E-state index < -0.39 is 5.89 Å². The summed E-state index contributed by atoms with van der Waals surface area (Å²) in [5, 5.41) is 0. The van der Waals surface area contributed by atoms with Gasteiger partial charge in [0.15, 0.2) is 0 Å². The average molecular weight is 254 g/mol. The largest absolute Gasteiger partial charge is 0.256 e. The molecule has 0 saturated carbocycles. The van der Waals surface area contributed by atoms with Crippen LogP contribution in [0.15, 0.2) is 42.6 Å². The standard InChI is InChI=1S/C18H23N/c1-13(2)15-12-19-17(11-16(15)18(3,4)5)14-9-7-6-8-10-14/h6-13H,1-5H3/i13D. The summed E-state index contributed by atoms with van der Waals surface area (Å²) in [4.78, 5) is 4.57. The van der Waals surface area contributed by atoms with Gasteiger partial charge < -0.3 is 0 Å². The highest BCUT2D eigenvalue weighted by molar-refractivity contribution is 5.60. The van der Waals surface area contributed by atoms with Crippen LogP contribution in [0, 0.1) is 0 Å². The molecule has 1 nitrogen and oxygen atoms in total. The van der Waals surface area contributed by atoms with Crippen molar-refractivity contribution in [2.75, 3.05) is 0 Å². The van der Waals surface area contributed by atoms with E-state index in [2.05, 4.69) is 44.0 Å². The molecular weight excluding hydrogens is 230 g/mol. The Bertz CT molecular complexity index is 589. The molecule has 0 aliphatic rings. The van der Waals surface area contributed by atoms with Gasteiger partial charge in [0, 0.05) is 13.1 Å². The molecule has 0 spiro atoms. The summed E-state index contributed by atoms with van der Waals surface area (Å²) < 4.78 is 8.33. The van der Waals surface area contributed by atoms with Crippen molar-refractivity contribution in [3.63, 3.8) is 0 Å². The molecule has 19 heavy (non-hydrogen) atoms. The molecule has 0 bridgehead atoms. The van der Waals surface area contributed by atoms with Gasteiger partial charge in [-0.1, -0.05) is 65.0 Å². The zero-order chi connectivity index (χ0) is 15.0. The molecule has 1 heteroatoms. The van der Waals surface area contributed by atoms with Crippen molar-refractivity contribution in [1.82, 2.24) is 4.98 Å². The van der Waals surface area contributed by atoms with Crippen LogP contribution in [-0.4, -0.2) is 4.98 Å². The minimum Gasteiger partial charge on any atom is -0.256 e. The van der Waals surface area contributed by atoms with E-state index in [0.29, 0.717) is 0 Å². The first-order valence-electron chi connectivity index (χ1n) is 7.26. The van der Waals surface area contributed by atoms with Gasteiger partial charge in [-0.3, -0.25) is 4.98 Å². The maximum Gasteiger partial charge on any atom is 0.0705 e. The van der Waals surface area contributed by atoms with Gasteiger partial charge in [-0.2, -0.15) is 0 Å². The minimum absolute atomic E-state index is 0.000123. The molecule has 0 aliphatic carbocycles. The second-order valence-corrected chi connectivity index (χ2v) is 6.23. The Morgan fingerprint density at radius 2 is 1.74 bits per heavy atom. The molecular formula is C18H23N. The van der Waals surface area contributed by atoms with Gasteiger partial charge in [0.05, 0.1) is 5.69 Å². The molecule has 1 heterocycles. The number of hydrogen-bond donors (Lipinski definition) is 0. The number of aromatic nitrogens is 1. The summed E-state index contributed by atoms with van der Waals surface area (Å²) in [5.41, 5.74) is 4.30. The lowest BCUT2D eigenvalue weighted by Crippen LogP contribution is -2.15. The fraction of sp³-hybridized carbons (Fsp3) is 0.389. The van der Waals surface area contributed by atoms with Gasteiger partial charge in [-0.05, 0) is 28.5 Å². The van der Waals surface area contributed by atoms with Crippen LogP contribution in [-0.2, 0) is 5.41 Å². The molecule has 0 radical (unpaired) electrons. The summed E-state index contributed by atoms with van der Waals surface area (Å²) >= 11 is 0. The third kappa shape index (κ3) is 3.04. The van der Waals surface area contributed by atoms with Crippen molar-refractivity contribution in [3.05, 3.63) is 53.7 Å². The van der Waals surface area contributed by atoms with Crippen molar-refractivity contribution in [2.24, 2.45) is 0 Å². The van der Waals surface area contributed by atoms with Crippen LogP contribution >= 0.6 is 0 Å². The third-order valence-corrected chi connectivity index (χ3v) is 3.32. The number of benzene rings is 1. The Balaban J connectivity index is 2.62. The molecule has 0 saturated heterocycles. The van der Waals surface area contributed by atoms with E-state index in [4.69, 9.17) is 1.37 Å². The van der Waals surface area contributed by atoms with E-state index in [1.807, 2.05) is 38.2 Å². The highest BCUT2D eigenvalue weighted by Crippen LogP contribution is 2.32. The van der Waals surface area contributed by atoms with Gasteiger partial charge in [0.2, 0.25) is 0 Å². The van der Waals surface area contributed by atoms with E-state index in [1.54, 1.807) is 0 Å². The molecule has 1 aromatic carbocycles. The summed E-state index contributed by atoms with van der Waals surface area (Å²) in [7, 11) is 0. The number of hydrogen-bond acceptors (Lipinski definition) is 1. The average Bonchev–Trinajstić information content (AvgIpc) is 2.37. The summed E-state index contributed by atoms with van der Waals surface area (Å²) in [6.07, 6.45) is 1.87. The van der Waals surface area contributed by atoms with Crippen molar-refractivity contribution in [3.8, 4) is 11.3 Å². The van der Waals surface area contributed by atoms with E-state index in [1.165, 1.54) is 5.56 Å². The monoisotopic (exact) mass is 254 g/mol. The Labute approximate surface area is 118 Å². The molecule has 0 unspecified atom stereocenters. The van der Waals surface area contributed by atoms with Crippen LogP contribution in [0.3, 0.4) is 0 Å². The van der Waals surface area contributed by atoms with Crippen molar-refractivity contribution in [2.45, 2.75) is 45.9 Å². The van der Waals surface area contributed by atoms with Crippen molar-refractivity contribution < 1.29 is 1.37 Å². The predicted octanol–water partition coefficient (Wildman–Crippen LogP) is 5.17. The fourth-order valence-electron chi connectivity index (χ4n) is 2.24. The lowest BCUT2D eigenvalue weighted by Gasteiger charge is -2.25. The van der Waals surface area contributed by atoms with Gasteiger partial charge in [-0.15, -0.1) is 0 Å². The van der Waals surface area contributed by atoms with E-state index in [0.717, 1.165) is 16.8 Å². The summed E-state index contributed by atoms with van der Waals surface area (Å²) in [6, 6.07) is 12.3. The van der Waals surface area contributed by atoms with Crippen molar-refractivity contribution in [1.29, 1.82) is 0 Å². The van der Waals surface area contributed by atoms with Crippen molar-refractivity contribution >= 4 is 0 Å². The molecule has 100 valence electrons. The maximum atomic E-state index is 8.33. The minimum atomic E-state index is -0.634. The summed E-state index contributed by atoms with van der Waals surface area (Å²) in [6.45, 7) is 10.4. The first-order chi connectivity index (χ1) is 9.19. The fourth-order valence-corrected chi connectivity index (χ4v) is 2.24. The maximum absolute atomic E-state index is 8.33. The van der Waals surface area contributed by atoms with Crippen LogP contribution in [0.1, 0.15) is 53.0 Å². The number of nitrogens with zero attached hydrogens (tertiary/aromatic N) is 1. The van der Waals surface area contributed by atoms with E-state index >= 15 is 0 Å². The quantitative estimate of drug-likeness (QED) is 0.720. The van der Waals surface area contributed by atoms with Crippen LogP contribution < -0.4 is 0 Å². The highest BCUT2D eigenvalue weighted by Gasteiger charge is 2.20. The first-order valence-corrected chi connectivity index (χ1v) is 6.76. The molecule has 2 aromatic rings. The zero-order valence-corrected chi connectivity index (χ0v) is 12.5. The lowest BCUT2D eigenvalue weighted by atomic mass is 9.81. The molecule has 0 N–H and O–H groups in total. The summed E-state index contributed by atoms with van der Waals surface area (Å²) in [5.74, 6) is -0.634. The SMILES string of the molecule is [2H]C(C)(C)c1cnc(-c2ccccc2)cc1C(C)(C)C. The second-order valence-electron chi connectivity index (χ2n) is 6.23. The van der Waals surface area contributed by atoms with Crippen LogP contribution in [0.25, 0.3) is 11.3 Å². The second kappa shape index (κ2) is 5.16. The molecule has 1 aromatic heterocycles. The highest BCUT2D eigenvalue weighted by atomic mass is 14.7. The predicted molar refractivity (Wildman–Crippen MR) is 82.5 cm³/mol. The normalized spacial score (nSPS) is 13.2.